The number of nitrogens with zero attached hydrogens (tertiary/aromatic N) is 1. The number of benzene rings is 1. The first-order valence-corrected chi connectivity index (χ1v) is 5.41. The molecule has 17 heavy (non-hydrogen) atoms. The highest BCUT2D eigenvalue weighted by Crippen LogP contribution is 2.15. The summed E-state index contributed by atoms with van der Waals surface area (Å²) in [5, 5.41) is 2.65. The van der Waals surface area contributed by atoms with Gasteiger partial charge in [-0.25, -0.2) is 9.29 Å². The van der Waals surface area contributed by atoms with Crippen molar-refractivity contribution in [1.82, 2.24) is 4.90 Å². The molecular weight excluding hydrogens is 243 g/mol. The van der Waals surface area contributed by atoms with Crippen LogP contribution in [0.2, 0.25) is 0 Å². The Morgan fingerprint density at radius 1 is 1.29 bits per heavy atom. The van der Waals surface area contributed by atoms with Gasteiger partial charge in [0, 0.05) is 18.5 Å². The summed E-state index contributed by atoms with van der Waals surface area (Å²) in [7, 11) is 0. The molecular formula is C11H9FN2O2S. The van der Waals surface area contributed by atoms with Crippen LogP contribution in [-0.4, -0.2) is 21.8 Å². The third-order valence-corrected chi connectivity index (χ3v) is 2.62. The average molecular weight is 252 g/mol. The van der Waals surface area contributed by atoms with E-state index in [4.69, 9.17) is 12.2 Å². The zero-order valence-corrected chi connectivity index (χ0v) is 9.59. The Morgan fingerprint density at radius 2 is 1.94 bits per heavy atom. The standard InChI is InChI=1S/C11H9FN2O2S/c12-7-2-1-3-8(6-7)13-11(17)14-9(15)4-5-10(14)16/h1-3,6H,4-5H2,(H,13,17). The van der Waals surface area contributed by atoms with Gasteiger partial charge in [0.25, 0.3) is 0 Å². The van der Waals surface area contributed by atoms with Crippen molar-refractivity contribution in [2.75, 3.05) is 5.32 Å². The number of nitrogens with one attached hydrogen (secondary N) is 1. The van der Waals surface area contributed by atoms with E-state index in [1.807, 2.05) is 0 Å². The quantitative estimate of drug-likeness (QED) is 0.610. The second-order valence-electron chi connectivity index (χ2n) is 3.56. The van der Waals surface area contributed by atoms with E-state index in [9.17, 15) is 14.0 Å². The van der Waals surface area contributed by atoms with Gasteiger partial charge >= 0.3 is 0 Å². The molecule has 1 heterocycles. The normalized spacial score (nSPS) is 15.2. The van der Waals surface area contributed by atoms with E-state index in [0.29, 0.717) is 5.69 Å². The van der Waals surface area contributed by atoms with Gasteiger partial charge in [0.15, 0.2) is 5.11 Å². The van der Waals surface area contributed by atoms with Crippen molar-refractivity contribution in [3.63, 3.8) is 0 Å². The summed E-state index contributed by atoms with van der Waals surface area (Å²) in [5.41, 5.74) is 0.405. The molecule has 0 spiro atoms. The number of carbonyl (C=O) groups is 2. The number of anilines is 1. The van der Waals surface area contributed by atoms with Crippen LogP contribution in [0.1, 0.15) is 12.8 Å². The minimum absolute atomic E-state index is 0.0110. The number of hydrogen-bond acceptors (Lipinski definition) is 3. The molecule has 0 saturated carbocycles. The highest BCUT2D eigenvalue weighted by molar-refractivity contribution is 7.80. The molecule has 0 aromatic heterocycles. The van der Waals surface area contributed by atoms with Gasteiger partial charge in [-0.3, -0.25) is 9.59 Å². The van der Waals surface area contributed by atoms with Crippen molar-refractivity contribution in [1.29, 1.82) is 0 Å². The van der Waals surface area contributed by atoms with Gasteiger partial charge < -0.3 is 5.32 Å². The molecule has 1 saturated heterocycles. The van der Waals surface area contributed by atoms with Crippen LogP contribution in [-0.2, 0) is 9.59 Å². The van der Waals surface area contributed by atoms with Gasteiger partial charge in [0.1, 0.15) is 5.82 Å². The summed E-state index contributed by atoms with van der Waals surface area (Å²) in [4.78, 5) is 23.7. The Bertz CT molecular complexity index is 488. The zero-order chi connectivity index (χ0) is 12.4. The number of halogens is 1. The van der Waals surface area contributed by atoms with Gasteiger partial charge in [-0.2, -0.15) is 0 Å². The first-order valence-electron chi connectivity index (χ1n) is 5.00. The highest BCUT2D eigenvalue weighted by Gasteiger charge is 2.32. The molecule has 88 valence electrons. The largest absolute Gasteiger partial charge is 0.332 e. The molecule has 0 aliphatic carbocycles. The summed E-state index contributed by atoms with van der Waals surface area (Å²) >= 11 is 4.94. The Balaban J connectivity index is 2.12. The van der Waals surface area contributed by atoms with Crippen LogP contribution in [0, 0.1) is 5.82 Å². The first kappa shape index (κ1) is 11.7. The van der Waals surface area contributed by atoms with Crippen LogP contribution in [0.15, 0.2) is 24.3 Å². The molecule has 0 radical (unpaired) electrons. The minimum atomic E-state index is -0.420. The van der Waals surface area contributed by atoms with Gasteiger partial charge in [0.2, 0.25) is 11.8 Å². The Kier molecular flexibility index (Phi) is 3.14. The Hall–Kier alpha value is -1.82. The maximum absolute atomic E-state index is 12.9. The van der Waals surface area contributed by atoms with Gasteiger partial charge in [-0.15, -0.1) is 0 Å². The molecule has 1 aliphatic heterocycles. The van der Waals surface area contributed by atoms with Crippen molar-refractivity contribution < 1.29 is 14.0 Å². The van der Waals surface area contributed by atoms with E-state index >= 15 is 0 Å². The molecule has 6 heteroatoms. The average Bonchev–Trinajstić information content (AvgIpc) is 2.58. The Labute approximate surface area is 102 Å². The second-order valence-corrected chi connectivity index (χ2v) is 3.95. The molecule has 0 unspecified atom stereocenters. The van der Waals surface area contributed by atoms with Crippen LogP contribution >= 0.6 is 12.2 Å². The van der Waals surface area contributed by atoms with Crippen LogP contribution in [0.4, 0.5) is 10.1 Å². The highest BCUT2D eigenvalue weighted by atomic mass is 32.1. The van der Waals surface area contributed by atoms with E-state index in [2.05, 4.69) is 5.32 Å². The molecule has 1 fully saturated rings. The van der Waals surface area contributed by atoms with E-state index in [1.54, 1.807) is 6.07 Å². The number of carbonyl (C=O) groups excluding carboxylic acids is 2. The zero-order valence-electron chi connectivity index (χ0n) is 8.77. The van der Waals surface area contributed by atoms with Gasteiger partial charge in [0.05, 0.1) is 0 Å². The van der Waals surface area contributed by atoms with Crippen LogP contribution < -0.4 is 5.32 Å². The molecule has 1 aromatic carbocycles. The van der Waals surface area contributed by atoms with E-state index < -0.39 is 5.82 Å². The lowest BCUT2D eigenvalue weighted by atomic mass is 10.3. The first-order chi connectivity index (χ1) is 8.08. The molecule has 0 bridgehead atoms. The Morgan fingerprint density at radius 3 is 2.53 bits per heavy atom. The molecule has 2 rings (SSSR count). The van der Waals surface area contributed by atoms with E-state index in [0.717, 1.165) is 4.90 Å². The van der Waals surface area contributed by atoms with Crippen molar-refractivity contribution in [2.24, 2.45) is 0 Å². The van der Waals surface area contributed by atoms with Crippen molar-refractivity contribution >= 4 is 34.8 Å². The molecule has 2 amide bonds. The number of thiocarbonyl (C=S) groups is 1. The molecule has 1 N–H and O–H groups in total. The second kappa shape index (κ2) is 4.58. The van der Waals surface area contributed by atoms with Crippen LogP contribution in [0.5, 0.6) is 0 Å². The number of likely N-dealkylation sites (tertiary alicyclic amines) is 1. The van der Waals surface area contributed by atoms with Gasteiger partial charge in [-0.1, -0.05) is 6.07 Å². The molecule has 1 aliphatic rings. The fourth-order valence-electron chi connectivity index (χ4n) is 1.55. The number of amides is 2. The topological polar surface area (TPSA) is 49.4 Å². The fourth-order valence-corrected chi connectivity index (χ4v) is 1.87. The third kappa shape index (κ3) is 2.47. The lowest BCUT2D eigenvalue weighted by Crippen LogP contribution is -2.38. The third-order valence-electron chi connectivity index (χ3n) is 2.33. The molecule has 1 aromatic rings. The molecule has 0 atom stereocenters. The predicted octanol–water partition coefficient (Wildman–Crippen LogP) is 1.67. The number of hydrogen-bond donors (Lipinski definition) is 1. The minimum Gasteiger partial charge on any atom is -0.332 e. The summed E-state index contributed by atoms with van der Waals surface area (Å²) in [6.07, 6.45) is 0.341. The van der Waals surface area contributed by atoms with Crippen molar-refractivity contribution in [3.8, 4) is 0 Å². The monoisotopic (exact) mass is 252 g/mol. The van der Waals surface area contributed by atoms with Gasteiger partial charge in [-0.05, 0) is 30.4 Å². The fraction of sp³-hybridized carbons (Fsp3) is 0.182. The number of imide groups is 1. The maximum Gasteiger partial charge on any atom is 0.236 e. The summed E-state index contributed by atoms with van der Waals surface area (Å²) in [6.45, 7) is 0. The van der Waals surface area contributed by atoms with Crippen molar-refractivity contribution in [3.05, 3.63) is 30.1 Å². The van der Waals surface area contributed by atoms with Crippen molar-refractivity contribution in [2.45, 2.75) is 12.8 Å². The molecule has 4 nitrogen and oxygen atoms in total. The predicted molar refractivity (Wildman–Crippen MR) is 63.7 cm³/mol. The summed E-state index contributed by atoms with van der Waals surface area (Å²) in [6, 6.07) is 5.63. The lowest BCUT2D eigenvalue weighted by Gasteiger charge is -2.16. The summed E-state index contributed by atoms with van der Waals surface area (Å²) in [5.74, 6) is -1.08. The van der Waals surface area contributed by atoms with Crippen LogP contribution in [0.3, 0.4) is 0 Å². The number of rotatable bonds is 1. The smallest absolute Gasteiger partial charge is 0.236 e. The van der Waals surface area contributed by atoms with Crippen LogP contribution in [0.25, 0.3) is 0 Å². The summed E-state index contributed by atoms with van der Waals surface area (Å²) < 4.78 is 12.9. The SMILES string of the molecule is O=C1CCC(=O)N1C(=S)Nc1cccc(F)c1. The lowest BCUT2D eigenvalue weighted by molar-refractivity contribution is -0.133. The van der Waals surface area contributed by atoms with E-state index in [-0.39, 0.29) is 29.8 Å². The maximum atomic E-state index is 12.9. The van der Waals surface area contributed by atoms with E-state index in [1.165, 1.54) is 18.2 Å².